The smallest absolute Gasteiger partial charge is 0.220 e. The minimum absolute atomic E-state index is 0.303. The third-order valence-corrected chi connectivity index (χ3v) is 4.22. The fraction of sp³-hybridized carbons (Fsp3) is 0.923. The summed E-state index contributed by atoms with van der Waals surface area (Å²) in [5.41, 5.74) is 0. The molecule has 1 aliphatic heterocycles. The van der Waals surface area contributed by atoms with Crippen LogP contribution in [-0.4, -0.2) is 25.0 Å². The van der Waals surface area contributed by atoms with Gasteiger partial charge in [-0.1, -0.05) is 0 Å². The van der Waals surface area contributed by atoms with Gasteiger partial charge in [-0.25, -0.2) is 0 Å². The highest BCUT2D eigenvalue weighted by molar-refractivity contribution is 5.76. The molecular weight excluding hydrogens is 200 g/mol. The molecule has 0 aromatic rings. The van der Waals surface area contributed by atoms with E-state index in [0.717, 1.165) is 31.3 Å². The van der Waals surface area contributed by atoms with Crippen molar-refractivity contribution in [2.75, 3.05) is 13.1 Å². The van der Waals surface area contributed by atoms with Crippen LogP contribution in [0, 0.1) is 17.8 Å². The first kappa shape index (κ1) is 10.6. The van der Waals surface area contributed by atoms with E-state index in [2.05, 4.69) is 10.6 Å². The van der Waals surface area contributed by atoms with E-state index in [4.69, 9.17) is 0 Å². The number of hydrogen-bond donors (Lipinski definition) is 2. The molecule has 2 N–H and O–H groups in total. The number of rotatable bonds is 5. The second-order valence-electron chi connectivity index (χ2n) is 5.83. The average Bonchev–Trinajstić information content (AvgIpc) is 3.17. The summed E-state index contributed by atoms with van der Waals surface area (Å²) < 4.78 is 0. The fourth-order valence-corrected chi connectivity index (χ4v) is 2.93. The highest BCUT2D eigenvalue weighted by Gasteiger charge is 2.42. The summed E-state index contributed by atoms with van der Waals surface area (Å²) in [7, 11) is 0. The van der Waals surface area contributed by atoms with E-state index in [-0.39, 0.29) is 0 Å². The van der Waals surface area contributed by atoms with Crippen molar-refractivity contribution in [2.24, 2.45) is 17.8 Å². The molecule has 0 radical (unpaired) electrons. The first-order valence-electron chi connectivity index (χ1n) is 6.83. The predicted molar refractivity (Wildman–Crippen MR) is 63.0 cm³/mol. The lowest BCUT2D eigenvalue weighted by molar-refractivity contribution is -0.122. The number of nitrogens with one attached hydrogen (secondary N) is 2. The molecule has 1 saturated heterocycles. The number of hydrogen-bond acceptors (Lipinski definition) is 2. The lowest BCUT2D eigenvalue weighted by atomic mass is 10.0. The quantitative estimate of drug-likeness (QED) is 0.736. The minimum atomic E-state index is 0.303. The molecule has 3 nitrogen and oxygen atoms in total. The van der Waals surface area contributed by atoms with Crippen LogP contribution in [0.4, 0.5) is 0 Å². The van der Waals surface area contributed by atoms with Crippen LogP contribution in [0.5, 0.6) is 0 Å². The van der Waals surface area contributed by atoms with E-state index in [1.54, 1.807) is 0 Å². The third-order valence-electron chi connectivity index (χ3n) is 4.22. The molecule has 0 spiro atoms. The van der Waals surface area contributed by atoms with Crippen molar-refractivity contribution >= 4 is 5.91 Å². The van der Waals surface area contributed by atoms with Gasteiger partial charge in [0.25, 0.3) is 0 Å². The van der Waals surface area contributed by atoms with Gasteiger partial charge in [0.1, 0.15) is 0 Å². The molecule has 3 aliphatic rings. The highest BCUT2D eigenvalue weighted by atomic mass is 16.1. The molecule has 2 aliphatic carbocycles. The summed E-state index contributed by atoms with van der Waals surface area (Å²) in [5.74, 6) is 2.52. The van der Waals surface area contributed by atoms with Crippen LogP contribution in [0.1, 0.15) is 38.5 Å². The number of carbonyl (C=O) groups is 1. The average molecular weight is 222 g/mol. The molecule has 16 heavy (non-hydrogen) atoms. The van der Waals surface area contributed by atoms with Crippen molar-refractivity contribution in [2.45, 2.75) is 44.6 Å². The first-order chi connectivity index (χ1) is 7.83. The summed E-state index contributed by atoms with van der Waals surface area (Å²) in [4.78, 5) is 11.9. The van der Waals surface area contributed by atoms with Gasteiger partial charge in [0.15, 0.2) is 0 Å². The molecule has 0 bridgehead atoms. The molecule has 3 heteroatoms. The molecule has 1 atom stereocenters. The van der Waals surface area contributed by atoms with Crippen LogP contribution >= 0.6 is 0 Å². The van der Waals surface area contributed by atoms with Crippen molar-refractivity contribution in [3.63, 3.8) is 0 Å². The second-order valence-corrected chi connectivity index (χ2v) is 5.83. The van der Waals surface area contributed by atoms with Crippen molar-refractivity contribution in [3.8, 4) is 0 Å². The maximum absolute atomic E-state index is 11.9. The molecule has 1 heterocycles. The Hall–Kier alpha value is -0.570. The van der Waals surface area contributed by atoms with E-state index in [9.17, 15) is 4.79 Å². The standard InChI is InChI=1S/C13H22N2O/c16-12(7-9-5-6-14-8-9)15-13(10-1-2-10)11-3-4-11/h9-11,13-14H,1-8H2,(H,15,16). The van der Waals surface area contributed by atoms with Crippen LogP contribution in [0.25, 0.3) is 0 Å². The second kappa shape index (κ2) is 4.36. The summed E-state index contributed by atoms with van der Waals surface area (Å²) in [6.07, 6.45) is 7.27. The highest BCUT2D eigenvalue weighted by Crippen LogP contribution is 2.44. The Morgan fingerprint density at radius 1 is 1.19 bits per heavy atom. The zero-order valence-corrected chi connectivity index (χ0v) is 9.87. The Balaban J connectivity index is 1.46. The van der Waals surface area contributed by atoms with Crippen molar-refractivity contribution < 1.29 is 4.79 Å². The minimum Gasteiger partial charge on any atom is -0.353 e. The Labute approximate surface area is 97.4 Å². The summed E-state index contributed by atoms with van der Waals surface area (Å²) >= 11 is 0. The number of amides is 1. The summed E-state index contributed by atoms with van der Waals surface area (Å²) in [5, 5.41) is 6.62. The molecule has 1 amide bonds. The van der Waals surface area contributed by atoms with Crippen LogP contribution in [0.2, 0.25) is 0 Å². The summed E-state index contributed by atoms with van der Waals surface area (Å²) in [6, 6.07) is 0.530. The lowest BCUT2D eigenvalue weighted by Crippen LogP contribution is -2.39. The maximum atomic E-state index is 11.9. The zero-order chi connectivity index (χ0) is 11.0. The van der Waals surface area contributed by atoms with Gasteiger partial charge in [0.2, 0.25) is 5.91 Å². The van der Waals surface area contributed by atoms with Gasteiger partial charge in [0, 0.05) is 12.5 Å². The van der Waals surface area contributed by atoms with Crippen molar-refractivity contribution in [3.05, 3.63) is 0 Å². The van der Waals surface area contributed by atoms with Crippen molar-refractivity contribution in [1.82, 2.24) is 10.6 Å². The van der Waals surface area contributed by atoms with E-state index in [0.29, 0.717) is 17.9 Å². The van der Waals surface area contributed by atoms with Gasteiger partial charge < -0.3 is 10.6 Å². The molecule has 1 unspecified atom stereocenters. The topological polar surface area (TPSA) is 41.1 Å². The fourth-order valence-electron chi connectivity index (χ4n) is 2.93. The molecular formula is C13H22N2O. The lowest BCUT2D eigenvalue weighted by Gasteiger charge is -2.18. The van der Waals surface area contributed by atoms with Gasteiger partial charge in [-0.2, -0.15) is 0 Å². The van der Waals surface area contributed by atoms with E-state index < -0.39 is 0 Å². The largest absolute Gasteiger partial charge is 0.353 e. The Morgan fingerprint density at radius 3 is 2.38 bits per heavy atom. The van der Waals surface area contributed by atoms with Crippen LogP contribution in [0.3, 0.4) is 0 Å². The zero-order valence-electron chi connectivity index (χ0n) is 9.87. The molecule has 3 rings (SSSR count). The molecule has 2 saturated carbocycles. The van der Waals surface area contributed by atoms with Crippen LogP contribution in [0.15, 0.2) is 0 Å². The van der Waals surface area contributed by atoms with E-state index in [1.807, 2.05) is 0 Å². The van der Waals surface area contributed by atoms with Crippen LogP contribution < -0.4 is 10.6 Å². The molecule has 3 fully saturated rings. The Morgan fingerprint density at radius 2 is 1.88 bits per heavy atom. The maximum Gasteiger partial charge on any atom is 0.220 e. The summed E-state index contributed by atoms with van der Waals surface area (Å²) in [6.45, 7) is 2.12. The SMILES string of the molecule is O=C(CC1CCNC1)NC(C1CC1)C1CC1. The first-order valence-corrected chi connectivity index (χ1v) is 6.83. The van der Waals surface area contributed by atoms with Gasteiger partial charge in [-0.3, -0.25) is 4.79 Å². The third kappa shape index (κ3) is 2.57. The molecule has 90 valence electrons. The van der Waals surface area contributed by atoms with E-state index in [1.165, 1.54) is 32.1 Å². The predicted octanol–water partition coefficient (Wildman–Crippen LogP) is 1.29. The van der Waals surface area contributed by atoms with Gasteiger partial charge >= 0.3 is 0 Å². The van der Waals surface area contributed by atoms with E-state index >= 15 is 0 Å². The monoisotopic (exact) mass is 222 g/mol. The molecule has 0 aromatic heterocycles. The number of carbonyl (C=O) groups excluding carboxylic acids is 1. The Kier molecular flexibility index (Phi) is 2.88. The van der Waals surface area contributed by atoms with Gasteiger partial charge in [-0.15, -0.1) is 0 Å². The Bertz CT molecular complexity index is 253. The normalized spacial score (nSPS) is 29.7. The van der Waals surface area contributed by atoms with Gasteiger partial charge in [0.05, 0.1) is 0 Å². The molecule has 0 aromatic carbocycles. The van der Waals surface area contributed by atoms with Gasteiger partial charge in [-0.05, 0) is 62.9 Å². The van der Waals surface area contributed by atoms with Crippen molar-refractivity contribution in [1.29, 1.82) is 0 Å². The van der Waals surface area contributed by atoms with Crippen LogP contribution in [-0.2, 0) is 4.79 Å².